The number of amides is 2. The standard InChI is InChI=1S/C23H29N5O2.C2H6/c1-15(2)28(25)23-19-10-6-7-11-20(19)27(21(30)12-13-26-16(3)29)14-17-8-4-5-9-18(17)22(23)24;1-2/h4-11,15H,12-14,24-25H2,1-3H3,(H,26,29);1-2H3/b23-22-;. The van der Waals surface area contributed by atoms with Crippen molar-refractivity contribution in [3.05, 3.63) is 65.2 Å². The summed E-state index contributed by atoms with van der Waals surface area (Å²) in [5.41, 5.74) is 11.3. The Morgan fingerprint density at radius 3 is 2.28 bits per heavy atom. The fraction of sp³-hybridized carbons (Fsp3) is 0.360. The number of carbonyl (C=O) groups is 2. The maximum atomic E-state index is 13.2. The van der Waals surface area contributed by atoms with Crippen LogP contribution in [0, 0.1) is 0 Å². The summed E-state index contributed by atoms with van der Waals surface area (Å²) < 4.78 is 0. The highest BCUT2D eigenvalue weighted by Crippen LogP contribution is 2.37. The van der Waals surface area contributed by atoms with E-state index in [2.05, 4.69) is 5.32 Å². The summed E-state index contributed by atoms with van der Waals surface area (Å²) in [4.78, 5) is 26.1. The summed E-state index contributed by atoms with van der Waals surface area (Å²) in [5, 5.41) is 4.34. The molecule has 1 aliphatic rings. The minimum atomic E-state index is -0.157. The van der Waals surface area contributed by atoms with Gasteiger partial charge in [-0.05, 0) is 25.5 Å². The predicted molar refractivity (Wildman–Crippen MR) is 131 cm³/mol. The Kier molecular flexibility index (Phi) is 8.84. The quantitative estimate of drug-likeness (QED) is 0.491. The molecule has 2 aromatic rings. The van der Waals surface area contributed by atoms with Crippen LogP contribution in [0.4, 0.5) is 5.69 Å². The second kappa shape index (κ2) is 11.3. The zero-order valence-electron chi connectivity index (χ0n) is 19.7. The molecule has 0 bridgehead atoms. The van der Waals surface area contributed by atoms with Crippen LogP contribution in [0.25, 0.3) is 11.4 Å². The van der Waals surface area contributed by atoms with Gasteiger partial charge >= 0.3 is 0 Å². The van der Waals surface area contributed by atoms with E-state index in [9.17, 15) is 9.59 Å². The summed E-state index contributed by atoms with van der Waals surface area (Å²) in [6, 6.07) is 15.4. The van der Waals surface area contributed by atoms with Crippen molar-refractivity contribution in [3.63, 3.8) is 0 Å². The van der Waals surface area contributed by atoms with Gasteiger partial charge in [0.25, 0.3) is 0 Å². The molecule has 0 aromatic heterocycles. The molecule has 2 aromatic carbocycles. The Morgan fingerprint density at radius 1 is 1.06 bits per heavy atom. The van der Waals surface area contributed by atoms with Crippen LogP contribution < -0.4 is 21.8 Å². The van der Waals surface area contributed by atoms with Gasteiger partial charge in [-0.15, -0.1) is 0 Å². The lowest BCUT2D eigenvalue weighted by molar-refractivity contribution is -0.120. The lowest BCUT2D eigenvalue weighted by Crippen LogP contribution is -2.40. The van der Waals surface area contributed by atoms with Crippen LogP contribution in [0.1, 0.15) is 57.7 Å². The van der Waals surface area contributed by atoms with E-state index in [-0.39, 0.29) is 30.8 Å². The second-order valence-corrected chi connectivity index (χ2v) is 7.65. The Labute approximate surface area is 191 Å². The van der Waals surface area contributed by atoms with Gasteiger partial charge < -0.3 is 21.0 Å². The van der Waals surface area contributed by atoms with Crippen LogP contribution in [-0.4, -0.2) is 29.4 Å². The zero-order valence-corrected chi connectivity index (χ0v) is 19.7. The van der Waals surface area contributed by atoms with Gasteiger partial charge in [-0.2, -0.15) is 0 Å². The summed E-state index contributed by atoms with van der Waals surface area (Å²) in [6.07, 6.45) is 0.196. The fourth-order valence-corrected chi connectivity index (χ4v) is 3.60. The molecule has 0 radical (unpaired) electrons. The molecule has 0 saturated carbocycles. The summed E-state index contributed by atoms with van der Waals surface area (Å²) >= 11 is 0. The van der Waals surface area contributed by atoms with E-state index in [4.69, 9.17) is 11.6 Å². The molecule has 0 unspecified atom stereocenters. The Hall–Kier alpha value is -3.32. The highest BCUT2D eigenvalue weighted by molar-refractivity contribution is 6.01. The molecule has 2 amide bonds. The normalized spacial score (nSPS) is 14.9. The second-order valence-electron chi connectivity index (χ2n) is 7.65. The van der Waals surface area contributed by atoms with Crippen molar-refractivity contribution in [2.45, 2.75) is 53.6 Å². The van der Waals surface area contributed by atoms with E-state index >= 15 is 0 Å². The minimum absolute atomic E-state index is 0.00196. The van der Waals surface area contributed by atoms with E-state index in [0.717, 1.165) is 22.4 Å². The average Bonchev–Trinajstić information content (AvgIpc) is 2.78. The molecule has 7 heteroatoms. The molecule has 0 fully saturated rings. The lowest BCUT2D eigenvalue weighted by atomic mass is 9.95. The molecule has 1 aliphatic heterocycles. The number of fused-ring (bicyclic) bond motifs is 2. The van der Waals surface area contributed by atoms with Crippen LogP contribution in [0.2, 0.25) is 0 Å². The van der Waals surface area contributed by atoms with Crippen molar-refractivity contribution >= 4 is 28.9 Å². The lowest BCUT2D eigenvalue weighted by Gasteiger charge is -2.34. The first-order valence-electron chi connectivity index (χ1n) is 11.1. The Bertz CT molecular complexity index is 984. The SMILES string of the molecule is CC.CC(=O)NCCC(=O)N1Cc2ccccc2/C(N)=C(/N(N)C(C)C)c2ccccc21. The predicted octanol–water partition coefficient (Wildman–Crippen LogP) is 3.45. The number of hydrogen-bond donors (Lipinski definition) is 3. The number of hydrazine groups is 1. The van der Waals surface area contributed by atoms with Gasteiger partial charge in [0.1, 0.15) is 0 Å². The molecule has 5 N–H and O–H groups in total. The molecular formula is C25H35N5O2. The summed E-state index contributed by atoms with van der Waals surface area (Å²) in [5.74, 6) is 6.21. The molecule has 0 atom stereocenters. The molecule has 0 aliphatic carbocycles. The molecule has 0 saturated heterocycles. The number of nitrogens with zero attached hydrogens (tertiary/aromatic N) is 2. The van der Waals surface area contributed by atoms with Crippen LogP contribution in [0.3, 0.4) is 0 Å². The molecule has 172 valence electrons. The van der Waals surface area contributed by atoms with E-state index in [1.807, 2.05) is 76.2 Å². The third-order valence-electron chi connectivity index (χ3n) is 5.17. The topological polar surface area (TPSA) is 105 Å². The minimum Gasteiger partial charge on any atom is -0.396 e. The van der Waals surface area contributed by atoms with Crippen LogP contribution in [0.15, 0.2) is 48.5 Å². The van der Waals surface area contributed by atoms with Gasteiger partial charge in [-0.1, -0.05) is 56.3 Å². The van der Waals surface area contributed by atoms with E-state index < -0.39 is 0 Å². The molecule has 1 heterocycles. The number of rotatable bonds is 5. The van der Waals surface area contributed by atoms with Gasteiger partial charge in [0.05, 0.1) is 23.6 Å². The monoisotopic (exact) mass is 437 g/mol. The maximum Gasteiger partial charge on any atom is 0.229 e. The van der Waals surface area contributed by atoms with E-state index in [0.29, 0.717) is 17.9 Å². The van der Waals surface area contributed by atoms with Gasteiger partial charge in [-0.3, -0.25) is 9.59 Å². The van der Waals surface area contributed by atoms with Crippen LogP contribution in [0.5, 0.6) is 0 Å². The van der Waals surface area contributed by atoms with Gasteiger partial charge in [0.2, 0.25) is 11.8 Å². The highest BCUT2D eigenvalue weighted by Gasteiger charge is 2.28. The number of para-hydroxylation sites is 1. The van der Waals surface area contributed by atoms with Crippen molar-refractivity contribution < 1.29 is 9.59 Å². The van der Waals surface area contributed by atoms with Crippen molar-refractivity contribution in [1.82, 2.24) is 10.3 Å². The smallest absolute Gasteiger partial charge is 0.229 e. The van der Waals surface area contributed by atoms with Gasteiger partial charge in [-0.25, -0.2) is 5.84 Å². The zero-order chi connectivity index (χ0) is 23.8. The van der Waals surface area contributed by atoms with Crippen molar-refractivity contribution in [1.29, 1.82) is 0 Å². The van der Waals surface area contributed by atoms with E-state index in [1.54, 1.807) is 9.91 Å². The van der Waals surface area contributed by atoms with E-state index in [1.165, 1.54) is 6.92 Å². The number of nitrogens with two attached hydrogens (primary N) is 2. The first kappa shape index (κ1) is 24.9. The molecule has 7 nitrogen and oxygen atoms in total. The number of nitrogens with one attached hydrogen (secondary N) is 1. The largest absolute Gasteiger partial charge is 0.396 e. The van der Waals surface area contributed by atoms with Crippen molar-refractivity contribution in [2.24, 2.45) is 11.6 Å². The number of anilines is 1. The number of hydrogen-bond acceptors (Lipinski definition) is 5. The van der Waals surface area contributed by atoms with Gasteiger partial charge in [0, 0.05) is 37.1 Å². The molecular weight excluding hydrogens is 402 g/mol. The third-order valence-corrected chi connectivity index (χ3v) is 5.17. The number of benzene rings is 2. The summed E-state index contributed by atoms with van der Waals surface area (Å²) in [6.45, 7) is 10.1. The molecule has 32 heavy (non-hydrogen) atoms. The molecule has 3 rings (SSSR count). The van der Waals surface area contributed by atoms with Crippen molar-refractivity contribution in [3.8, 4) is 0 Å². The van der Waals surface area contributed by atoms with Gasteiger partial charge in [0.15, 0.2) is 0 Å². The van der Waals surface area contributed by atoms with Crippen molar-refractivity contribution in [2.75, 3.05) is 11.4 Å². The number of carbonyl (C=O) groups excluding carboxylic acids is 2. The first-order chi connectivity index (χ1) is 15.3. The van der Waals surface area contributed by atoms with Crippen LogP contribution >= 0.6 is 0 Å². The Balaban J connectivity index is 0.00000176. The average molecular weight is 438 g/mol. The third kappa shape index (κ3) is 5.48. The fourth-order valence-electron chi connectivity index (χ4n) is 3.60. The highest BCUT2D eigenvalue weighted by atomic mass is 16.2. The Morgan fingerprint density at radius 2 is 1.66 bits per heavy atom. The maximum absolute atomic E-state index is 13.2. The molecule has 0 spiro atoms. The summed E-state index contributed by atoms with van der Waals surface area (Å²) in [7, 11) is 0. The first-order valence-corrected chi connectivity index (χ1v) is 11.1. The van der Waals surface area contributed by atoms with Crippen LogP contribution in [-0.2, 0) is 16.1 Å².